The van der Waals surface area contributed by atoms with Crippen LogP contribution in [-0.2, 0) is 0 Å². The van der Waals surface area contributed by atoms with Crippen LogP contribution < -0.4 is 0 Å². The predicted octanol–water partition coefficient (Wildman–Crippen LogP) is 12.6. The van der Waals surface area contributed by atoms with E-state index in [-0.39, 0.29) is 87.0 Å². The number of benzene rings is 8. The molecule has 0 N–H and O–H groups in total. The van der Waals surface area contributed by atoms with E-state index >= 15 is 0 Å². The molecule has 9 rings (SSSR count). The van der Waals surface area contributed by atoms with Gasteiger partial charge >= 0.3 is 0 Å². The third-order valence-corrected chi connectivity index (χ3v) is 8.25. The second-order valence-corrected chi connectivity index (χ2v) is 10.8. The number of para-hydroxylation sites is 1. The molecule has 0 bridgehead atoms. The highest BCUT2D eigenvalue weighted by Crippen LogP contribution is 2.45. The summed E-state index contributed by atoms with van der Waals surface area (Å²) in [5.41, 5.74) is 3.68. The lowest BCUT2D eigenvalue weighted by Gasteiger charge is -2.18. The van der Waals surface area contributed by atoms with E-state index in [1.165, 1.54) is 0 Å². The maximum Gasteiger partial charge on any atom is 0.143 e. The highest BCUT2D eigenvalue weighted by atomic mass is 16.3. The van der Waals surface area contributed by atoms with Crippen molar-refractivity contribution in [3.63, 3.8) is 0 Å². The third kappa shape index (κ3) is 4.17. The van der Waals surface area contributed by atoms with E-state index in [0.717, 1.165) is 16.3 Å². The molecule has 0 saturated heterocycles. The zero-order chi connectivity index (χ0) is 39.3. The Kier molecular flexibility index (Phi) is 3.87. The largest absolute Gasteiger partial charge is 0.455 e. The summed E-state index contributed by atoms with van der Waals surface area (Å²) >= 11 is 0. The van der Waals surface area contributed by atoms with Gasteiger partial charge in [0.05, 0.1) is 15.1 Å². The van der Waals surface area contributed by atoms with Crippen molar-refractivity contribution < 1.29 is 19.5 Å². The summed E-state index contributed by atoms with van der Waals surface area (Å²) in [4.78, 5) is 0. The lowest BCUT2D eigenvalue weighted by molar-refractivity contribution is 0.670. The summed E-state index contributed by atoms with van der Waals surface area (Å²) in [6, 6.07) is 27.8. The summed E-state index contributed by atoms with van der Waals surface area (Å²) in [6.45, 7) is 0. The third-order valence-electron chi connectivity index (χ3n) is 8.25. The van der Waals surface area contributed by atoms with Gasteiger partial charge in [-0.05, 0) is 78.6 Å². The molecule has 1 heterocycles. The molecule has 0 unspecified atom stereocenters. The van der Waals surface area contributed by atoms with Crippen LogP contribution in [0.15, 0.2) is 174 Å². The monoisotopic (exact) mass is 583 g/mol. The number of hydrogen-bond acceptors (Lipinski definition) is 1. The smallest absolute Gasteiger partial charge is 0.143 e. The van der Waals surface area contributed by atoms with E-state index in [1.807, 2.05) is 60.7 Å². The van der Waals surface area contributed by atoms with Gasteiger partial charge in [-0.1, -0.05) is 151 Å². The molecular formula is C44H28O. The number of hydrogen-bond donors (Lipinski definition) is 0. The average Bonchev–Trinajstić information content (AvgIpc) is 3.62. The van der Waals surface area contributed by atoms with Crippen LogP contribution in [0, 0.1) is 0 Å². The molecule has 0 amide bonds. The molecule has 1 aromatic heterocycles. The molecule has 0 atom stereocenters. The summed E-state index contributed by atoms with van der Waals surface area (Å²) in [5, 5.41) is 3.06. The fourth-order valence-electron chi connectivity index (χ4n) is 6.28. The molecule has 45 heavy (non-hydrogen) atoms. The SMILES string of the molecule is [2H]c1c([2H])c([2H])c(-c2cccc(-c3c4ccccc4c(-c4c([2H])c([2H])c5c(oc6c(-c7ccccc7)c([2H])c([2H])c([2H])c65)c4[2H])c4ccccc34)c2)c([2H])c1[2H]. The zero-order valence-corrected chi connectivity index (χ0v) is 23.7. The number of rotatable bonds is 4. The Morgan fingerprint density at radius 3 is 1.73 bits per heavy atom. The summed E-state index contributed by atoms with van der Waals surface area (Å²) in [5.74, 6) is 0. The summed E-state index contributed by atoms with van der Waals surface area (Å²) in [6.07, 6.45) is 0. The normalized spacial score (nSPS) is 15.0. The Labute approximate surface area is 277 Å². The van der Waals surface area contributed by atoms with Gasteiger partial charge in [0.2, 0.25) is 0 Å². The summed E-state index contributed by atoms with van der Waals surface area (Å²) in [7, 11) is 0. The highest BCUT2D eigenvalue weighted by Gasteiger charge is 2.19. The number of fused-ring (bicyclic) bond motifs is 5. The van der Waals surface area contributed by atoms with E-state index in [2.05, 4.69) is 0 Å². The molecule has 0 fully saturated rings. The molecule has 0 saturated carbocycles. The maximum atomic E-state index is 9.65. The van der Waals surface area contributed by atoms with Crippen molar-refractivity contribution >= 4 is 43.5 Å². The molecule has 0 aliphatic carbocycles. The summed E-state index contributed by atoms with van der Waals surface area (Å²) < 4.78 is 103. The average molecular weight is 584 g/mol. The van der Waals surface area contributed by atoms with Gasteiger partial charge in [-0.15, -0.1) is 0 Å². The second-order valence-electron chi connectivity index (χ2n) is 10.8. The second kappa shape index (κ2) is 10.4. The Hall–Kier alpha value is -5.92. The first-order chi connectivity index (χ1) is 26.9. The zero-order valence-electron chi connectivity index (χ0n) is 34.7. The molecule has 0 aliphatic rings. The molecule has 210 valence electrons. The molecule has 0 radical (unpaired) electrons. The molecular weight excluding hydrogens is 544 g/mol. The minimum atomic E-state index is -0.467. The molecule has 8 aromatic carbocycles. The number of furan rings is 1. The van der Waals surface area contributed by atoms with E-state index in [1.54, 1.807) is 42.5 Å². The lowest BCUT2D eigenvalue weighted by Crippen LogP contribution is -1.91. The highest BCUT2D eigenvalue weighted by molar-refractivity contribution is 6.22. The van der Waals surface area contributed by atoms with Crippen LogP contribution in [0.4, 0.5) is 0 Å². The van der Waals surface area contributed by atoms with Crippen molar-refractivity contribution in [1.29, 1.82) is 0 Å². The van der Waals surface area contributed by atoms with Gasteiger partial charge < -0.3 is 4.42 Å². The van der Waals surface area contributed by atoms with Gasteiger partial charge in [0.25, 0.3) is 0 Å². The fourth-order valence-corrected chi connectivity index (χ4v) is 6.28. The molecule has 1 nitrogen and oxygen atoms in total. The van der Waals surface area contributed by atoms with Gasteiger partial charge in [-0.25, -0.2) is 0 Å². The quantitative estimate of drug-likeness (QED) is 0.188. The van der Waals surface area contributed by atoms with Gasteiger partial charge in [0.15, 0.2) is 0 Å². The van der Waals surface area contributed by atoms with Crippen molar-refractivity contribution in [3.8, 4) is 44.5 Å². The Morgan fingerprint density at radius 1 is 0.400 bits per heavy atom. The maximum absolute atomic E-state index is 9.65. The lowest BCUT2D eigenvalue weighted by atomic mass is 9.85. The first kappa shape index (κ1) is 16.8. The first-order valence-corrected chi connectivity index (χ1v) is 14.5. The van der Waals surface area contributed by atoms with Gasteiger partial charge in [0.1, 0.15) is 11.2 Å². The van der Waals surface area contributed by atoms with Crippen LogP contribution in [-0.4, -0.2) is 0 Å². The van der Waals surface area contributed by atoms with E-state index in [0.29, 0.717) is 33.0 Å². The van der Waals surface area contributed by atoms with Crippen molar-refractivity contribution in [3.05, 3.63) is 170 Å². The van der Waals surface area contributed by atoms with Crippen LogP contribution >= 0.6 is 0 Å². The van der Waals surface area contributed by atoms with Crippen molar-refractivity contribution in [2.24, 2.45) is 0 Å². The van der Waals surface area contributed by atoms with Crippen molar-refractivity contribution in [1.82, 2.24) is 0 Å². The van der Waals surface area contributed by atoms with E-state index < -0.39 is 18.1 Å². The predicted molar refractivity (Wildman–Crippen MR) is 190 cm³/mol. The Bertz CT molecular complexity index is 3070. The molecule has 9 aromatic rings. The molecule has 0 aliphatic heterocycles. The molecule has 0 spiro atoms. The van der Waals surface area contributed by atoms with E-state index in [4.69, 9.17) is 15.4 Å². The first-order valence-electron chi connectivity index (χ1n) is 20.0. The Balaban J connectivity index is 1.36. The van der Waals surface area contributed by atoms with E-state index in [9.17, 15) is 4.11 Å². The van der Waals surface area contributed by atoms with Crippen LogP contribution in [0.2, 0.25) is 0 Å². The molecule has 1 heteroatoms. The fraction of sp³-hybridized carbons (Fsp3) is 0. The standard InChI is InChI=1S/C44H28O/c1-3-13-29(14-4-1)31-17-11-18-32(27-31)42-36-19-7-9-21-38(36)43(39-22-10-8-20-37(39)42)33-25-26-35-40-24-12-23-34(30-15-5-2-6-16-30)44(40)45-41(35)28-33/h1-28H/i1D,3D,4D,12D,13D,14D,23D,24D,25D,26D,28D. The topological polar surface area (TPSA) is 13.1 Å². The van der Waals surface area contributed by atoms with Crippen LogP contribution in [0.5, 0.6) is 0 Å². The minimum Gasteiger partial charge on any atom is -0.455 e. The van der Waals surface area contributed by atoms with Crippen LogP contribution in [0.3, 0.4) is 0 Å². The van der Waals surface area contributed by atoms with Crippen LogP contribution in [0.25, 0.3) is 88.0 Å². The van der Waals surface area contributed by atoms with Crippen molar-refractivity contribution in [2.45, 2.75) is 0 Å². The van der Waals surface area contributed by atoms with Crippen LogP contribution in [0.1, 0.15) is 15.1 Å². The Morgan fingerprint density at radius 2 is 1.02 bits per heavy atom. The van der Waals surface area contributed by atoms with Gasteiger partial charge in [-0.3, -0.25) is 0 Å². The minimum absolute atomic E-state index is 0.0183. The van der Waals surface area contributed by atoms with Gasteiger partial charge in [-0.2, -0.15) is 0 Å². The van der Waals surface area contributed by atoms with Gasteiger partial charge in [0, 0.05) is 16.3 Å². The van der Waals surface area contributed by atoms with Crippen molar-refractivity contribution in [2.75, 3.05) is 0 Å².